The van der Waals surface area contributed by atoms with Crippen LogP contribution in [0.1, 0.15) is 41.3 Å². The number of sulfonamides is 1. The normalized spacial score (nSPS) is 15.8. The third-order valence-corrected chi connectivity index (χ3v) is 7.03. The Balaban J connectivity index is 1.66. The minimum atomic E-state index is -3.72. The zero-order valence-corrected chi connectivity index (χ0v) is 18.1. The minimum absolute atomic E-state index is 0.131. The summed E-state index contributed by atoms with van der Waals surface area (Å²) < 4.78 is 28.0. The van der Waals surface area contributed by atoms with Crippen LogP contribution in [0.3, 0.4) is 0 Å². The molecule has 0 atom stereocenters. The maximum absolute atomic E-state index is 12.7. The van der Waals surface area contributed by atoms with Crippen molar-refractivity contribution in [3.63, 3.8) is 0 Å². The van der Waals surface area contributed by atoms with E-state index in [1.165, 1.54) is 12.1 Å². The zero-order valence-electron chi connectivity index (χ0n) is 17.2. The maximum Gasteiger partial charge on any atom is 0.261 e. The van der Waals surface area contributed by atoms with Gasteiger partial charge >= 0.3 is 0 Å². The molecular formula is C22H29N3O3S. The highest BCUT2D eigenvalue weighted by molar-refractivity contribution is 7.92. The van der Waals surface area contributed by atoms with Crippen molar-refractivity contribution in [2.45, 2.75) is 44.6 Å². The van der Waals surface area contributed by atoms with Gasteiger partial charge < -0.3 is 10.2 Å². The van der Waals surface area contributed by atoms with Crippen LogP contribution < -0.4 is 10.0 Å². The van der Waals surface area contributed by atoms with Gasteiger partial charge in [-0.1, -0.05) is 19.1 Å². The molecule has 0 bridgehead atoms. The average Bonchev–Trinajstić information content (AvgIpc) is 2.72. The molecule has 1 saturated heterocycles. The predicted octanol–water partition coefficient (Wildman–Crippen LogP) is 3.32. The summed E-state index contributed by atoms with van der Waals surface area (Å²) in [6.45, 7) is 8.97. The highest BCUT2D eigenvalue weighted by atomic mass is 32.2. The first-order valence-electron chi connectivity index (χ1n) is 10.0. The maximum atomic E-state index is 12.7. The van der Waals surface area contributed by atoms with Crippen molar-refractivity contribution in [1.29, 1.82) is 0 Å². The first kappa shape index (κ1) is 21.3. The molecule has 1 amide bonds. The number of nitrogens with one attached hydrogen (secondary N) is 2. The Kier molecular flexibility index (Phi) is 6.59. The molecule has 1 fully saturated rings. The van der Waals surface area contributed by atoms with Gasteiger partial charge in [0, 0.05) is 24.7 Å². The molecule has 3 rings (SSSR count). The van der Waals surface area contributed by atoms with Crippen molar-refractivity contribution in [3.8, 4) is 0 Å². The van der Waals surface area contributed by atoms with Gasteiger partial charge in [-0.3, -0.25) is 9.52 Å². The van der Waals surface area contributed by atoms with Crippen molar-refractivity contribution >= 4 is 21.6 Å². The summed E-state index contributed by atoms with van der Waals surface area (Å²) in [5.41, 5.74) is 2.93. The molecule has 156 valence electrons. The van der Waals surface area contributed by atoms with Gasteiger partial charge in [-0.25, -0.2) is 8.42 Å². The van der Waals surface area contributed by atoms with Crippen molar-refractivity contribution < 1.29 is 13.2 Å². The lowest BCUT2D eigenvalue weighted by Crippen LogP contribution is -2.44. The number of rotatable bonds is 6. The smallest absolute Gasteiger partial charge is 0.261 e. The fourth-order valence-electron chi connectivity index (χ4n) is 3.51. The number of amides is 1. The Labute approximate surface area is 173 Å². The second kappa shape index (κ2) is 8.97. The first-order valence-corrected chi connectivity index (χ1v) is 11.5. The Bertz CT molecular complexity index is 963. The molecule has 0 aliphatic carbocycles. The molecule has 6 nitrogen and oxygen atoms in total. The van der Waals surface area contributed by atoms with Crippen LogP contribution in [0.15, 0.2) is 47.4 Å². The van der Waals surface area contributed by atoms with Crippen LogP contribution in [0.4, 0.5) is 5.69 Å². The first-order chi connectivity index (χ1) is 13.8. The average molecular weight is 416 g/mol. The van der Waals surface area contributed by atoms with E-state index in [1.54, 1.807) is 18.2 Å². The molecule has 0 saturated carbocycles. The Morgan fingerprint density at radius 2 is 1.72 bits per heavy atom. The van der Waals surface area contributed by atoms with Crippen LogP contribution in [0.5, 0.6) is 0 Å². The lowest BCUT2D eigenvalue weighted by molar-refractivity contribution is 0.0912. The van der Waals surface area contributed by atoms with Crippen LogP contribution in [0.25, 0.3) is 0 Å². The van der Waals surface area contributed by atoms with E-state index in [0.29, 0.717) is 11.3 Å². The summed E-state index contributed by atoms with van der Waals surface area (Å²) >= 11 is 0. The van der Waals surface area contributed by atoms with Crippen molar-refractivity contribution in [1.82, 2.24) is 10.2 Å². The van der Waals surface area contributed by atoms with Crippen LogP contribution in [0.2, 0.25) is 0 Å². The molecule has 2 N–H and O–H groups in total. The minimum Gasteiger partial charge on any atom is -0.349 e. The number of anilines is 1. The molecule has 2 aromatic carbocycles. The number of carbonyl (C=O) groups is 1. The number of hydrogen-bond donors (Lipinski definition) is 2. The topological polar surface area (TPSA) is 78.5 Å². The van der Waals surface area contributed by atoms with E-state index in [4.69, 9.17) is 0 Å². The molecule has 0 radical (unpaired) electrons. The number of aryl methyl sites for hydroxylation is 1. The van der Waals surface area contributed by atoms with E-state index in [9.17, 15) is 13.2 Å². The highest BCUT2D eigenvalue weighted by Gasteiger charge is 2.21. The number of carbonyl (C=O) groups excluding carboxylic acids is 1. The lowest BCUT2D eigenvalue weighted by atomic mass is 10.0. The number of piperidine rings is 1. The number of likely N-dealkylation sites (tertiary alicyclic amines) is 1. The Morgan fingerprint density at radius 3 is 2.34 bits per heavy atom. The molecule has 2 aromatic rings. The van der Waals surface area contributed by atoms with E-state index >= 15 is 0 Å². The molecule has 0 unspecified atom stereocenters. The van der Waals surface area contributed by atoms with Gasteiger partial charge in [-0.05, 0) is 74.7 Å². The van der Waals surface area contributed by atoms with Crippen LogP contribution in [-0.4, -0.2) is 44.9 Å². The van der Waals surface area contributed by atoms with Gasteiger partial charge in [0.25, 0.3) is 15.9 Å². The predicted molar refractivity (Wildman–Crippen MR) is 116 cm³/mol. The van der Waals surface area contributed by atoms with E-state index < -0.39 is 10.0 Å². The second-order valence-corrected chi connectivity index (χ2v) is 9.24. The fraction of sp³-hybridized carbons (Fsp3) is 0.409. The van der Waals surface area contributed by atoms with Crippen LogP contribution >= 0.6 is 0 Å². The van der Waals surface area contributed by atoms with Gasteiger partial charge in [-0.15, -0.1) is 0 Å². The standard InChI is InChI=1S/C22H29N3O3S/c1-4-25-14-12-19(13-15-25)23-22(26)18-8-10-20(11-9-18)29(27,28)24-21-7-5-6-16(2)17(21)3/h5-11,19,24H,4,12-15H2,1-3H3,(H,23,26). The quantitative estimate of drug-likeness (QED) is 0.759. The zero-order chi connectivity index (χ0) is 21.0. The van der Waals surface area contributed by atoms with Crippen molar-refractivity contribution in [3.05, 3.63) is 59.2 Å². The third-order valence-electron chi connectivity index (χ3n) is 5.65. The van der Waals surface area contributed by atoms with Crippen LogP contribution in [-0.2, 0) is 10.0 Å². The SMILES string of the molecule is CCN1CCC(NC(=O)c2ccc(S(=O)(=O)Nc3cccc(C)c3C)cc2)CC1. The third kappa shape index (κ3) is 5.16. The molecule has 1 aliphatic rings. The van der Waals surface area contributed by atoms with Gasteiger partial charge in [-0.2, -0.15) is 0 Å². The molecular weight excluding hydrogens is 386 g/mol. The van der Waals surface area contributed by atoms with Crippen LogP contribution in [0, 0.1) is 13.8 Å². The van der Waals surface area contributed by atoms with Gasteiger partial charge in [0.2, 0.25) is 0 Å². The molecule has 7 heteroatoms. The molecule has 1 heterocycles. The summed E-state index contributed by atoms with van der Waals surface area (Å²) in [6.07, 6.45) is 1.87. The van der Waals surface area contributed by atoms with Gasteiger partial charge in [0.05, 0.1) is 10.6 Å². The Hall–Kier alpha value is -2.38. The largest absolute Gasteiger partial charge is 0.349 e. The number of hydrogen-bond acceptors (Lipinski definition) is 4. The highest BCUT2D eigenvalue weighted by Crippen LogP contribution is 2.22. The van der Waals surface area contributed by atoms with E-state index in [2.05, 4.69) is 21.9 Å². The van der Waals surface area contributed by atoms with Crippen molar-refractivity contribution in [2.24, 2.45) is 0 Å². The summed E-state index contributed by atoms with van der Waals surface area (Å²) in [5.74, 6) is -0.161. The second-order valence-electron chi connectivity index (χ2n) is 7.56. The summed E-state index contributed by atoms with van der Waals surface area (Å²) in [6, 6.07) is 11.7. The lowest BCUT2D eigenvalue weighted by Gasteiger charge is -2.31. The molecule has 0 aromatic heterocycles. The Morgan fingerprint density at radius 1 is 1.07 bits per heavy atom. The number of nitrogens with zero attached hydrogens (tertiary/aromatic N) is 1. The summed E-state index contributed by atoms with van der Waals surface area (Å²) in [7, 11) is -3.72. The summed E-state index contributed by atoms with van der Waals surface area (Å²) in [4.78, 5) is 15.0. The fourth-order valence-corrected chi connectivity index (χ4v) is 4.64. The van der Waals surface area contributed by atoms with E-state index in [0.717, 1.165) is 43.6 Å². The van der Waals surface area contributed by atoms with Crippen molar-refractivity contribution in [2.75, 3.05) is 24.4 Å². The van der Waals surface area contributed by atoms with Gasteiger partial charge in [0.15, 0.2) is 0 Å². The molecule has 29 heavy (non-hydrogen) atoms. The van der Waals surface area contributed by atoms with Gasteiger partial charge in [0.1, 0.15) is 0 Å². The molecule has 1 aliphatic heterocycles. The summed E-state index contributed by atoms with van der Waals surface area (Å²) in [5, 5.41) is 3.06. The van der Waals surface area contributed by atoms with E-state index in [-0.39, 0.29) is 16.8 Å². The van der Waals surface area contributed by atoms with E-state index in [1.807, 2.05) is 26.0 Å². The molecule has 0 spiro atoms. The monoisotopic (exact) mass is 415 g/mol. The number of benzene rings is 2.